The number of ether oxygens (including phenoxy) is 1. The van der Waals surface area contributed by atoms with Gasteiger partial charge in [-0.05, 0) is 36.6 Å². The zero-order chi connectivity index (χ0) is 17.4. The minimum absolute atomic E-state index is 0.261. The maximum Gasteiger partial charge on any atom is 0.309 e. The fourth-order valence-electron chi connectivity index (χ4n) is 2.28. The lowest BCUT2D eigenvalue weighted by atomic mass is 10.1. The smallest absolute Gasteiger partial charge is 0.309 e. The summed E-state index contributed by atoms with van der Waals surface area (Å²) in [5, 5.41) is 5.33. The first-order valence-corrected chi connectivity index (χ1v) is 7.86. The summed E-state index contributed by atoms with van der Waals surface area (Å²) in [7, 11) is 1.60. The van der Waals surface area contributed by atoms with Gasteiger partial charge in [-0.1, -0.05) is 42.5 Å². The molecule has 0 aromatic heterocycles. The maximum atomic E-state index is 11.9. The Kier molecular flexibility index (Phi) is 6.37. The van der Waals surface area contributed by atoms with Crippen LogP contribution < -0.4 is 15.4 Å². The monoisotopic (exact) mass is 326 g/mol. The van der Waals surface area contributed by atoms with E-state index in [0.717, 1.165) is 16.9 Å². The third kappa shape index (κ3) is 5.12. The highest BCUT2D eigenvalue weighted by atomic mass is 16.5. The molecule has 0 aliphatic carbocycles. The third-order valence-corrected chi connectivity index (χ3v) is 3.71. The number of hydrogen-bond acceptors (Lipinski definition) is 3. The van der Waals surface area contributed by atoms with Gasteiger partial charge in [-0.3, -0.25) is 9.59 Å². The topological polar surface area (TPSA) is 67.4 Å². The van der Waals surface area contributed by atoms with Crippen LogP contribution in [0.25, 0.3) is 0 Å². The maximum absolute atomic E-state index is 11.9. The Hall–Kier alpha value is -2.82. The molecule has 24 heavy (non-hydrogen) atoms. The normalized spacial score (nSPS) is 11.4. The molecule has 2 N–H and O–H groups in total. The Labute approximate surface area is 142 Å². The standard InChI is InChI=1S/C19H22N2O3/c1-14(16-8-10-17(24-2)11-9-16)21-19(23)18(22)20-13-12-15-6-4-3-5-7-15/h3-11,14H,12-13H2,1-2H3,(H,20,22)(H,21,23)/t14-/m1/s1. The Morgan fingerprint density at radius 3 is 2.29 bits per heavy atom. The molecule has 0 radical (unpaired) electrons. The van der Waals surface area contributed by atoms with Gasteiger partial charge in [0, 0.05) is 6.54 Å². The minimum atomic E-state index is -0.633. The first-order chi connectivity index (χ1) is 11.6. The van der Waals surface area contributed by atoms with Crippen molar-refractivity contribution < 1.29 is 14.3 Å². The van der Waals surface area contributed by atoms with E-state index in [1.165, 1.54) is 0 Å². The van der Waals surface area contributed by atoms with Gasteiger partial charge >= 0.3 is 11.8 Å². The van der Waals surface area contributed by atoms with Crippen LogP contribution in [-0.4, -0.2) is 25.5 Å². The second-order valence-corrected chi connectivity index (χ2v) is 5.46. The van der Waals surface area contributed by atoms with Crippen LogP contribution in [0.1, 0.15) is 24.1 Å². The summed E-state index contributed by atoms with van der Waals surface area (Å²) in [4.78, 5) is 23.8. The van der Waals surface area contributed by atoms with Crippen LogP contribution in [0.5, 0.6) is 5.75 Å². The molecular weight excluding hydrogens is 304 g/mol. The van der Waals surface area contributed by atoms with Crippen molar-refractivity contribution in [3.05, 3.63) is 65.7 Å². The molecule has 0 saturated heterocycles. The van der Waals surface area contributed by atoms with Gasteiger partial charge in [0.2, 0.25) is 0 Å². The molecule has 2 rings (SSSR count). The van der Waals surface area contributed by atoms with Crippen molar-refractivity contribution >= 4 is 11.8 Å². The lowest BCUT2D eigenvalue weighted by molar-refractivity contribution is -0.139. The highest BCUT2D eigenvalue weighted by Gasteiger charge is 2.16. The Morgan fingerprint density at radius 2 is 1.67 bits per heavy atom. The highest BCUT2D eigenvalue weighted by Crippen LogP contribution is 2.17. The van der Waals surface area contributed by atoms with Crippen LogP contribution in [0.4, 0.5) is 0 Å². The molecule has 0 saturated carbocycles. The molecule has 0 heterocycles. The van der Waals surface area contributed by atoms with Crippen LogP contribution >= 0.6 is 0 Å². The van der Waals surface area contributed by atoms with Gasteiger partial charge in [0.1, 0.15) is 5.75 Å². The van der Waals surface area contributed by atoms with E-state index in [1.54, 1.807) is 7.11 Å². The number of carbonyl (C=O) groups is 2. The summed E-state index contributed by atoms with van der Waals surface area (Å²) in [6, 6.07) is 16.9. The first kappa shape index (κ1) is 17.5. The van der Waals surface area contributed by atoms with Gasteiger partial charge in [-0.15, -0.1) is 0 Å². The number of rotatable bonds is 6. The van der Waals surface area contributed by atoms with Crippen molar-refractivity contribution in [1.82, 2.24) is 10.6 Å². The zero-order valence-electron chi connectivity index (χ0n) is 13.9. The van der Waals surface area contributed by atoms with E-state index in [0.29, 0.717) is 13.0 Å². The van der Waals surface area contributed by atoms with Crippen molar-refractivity contribution in [3.8, 4) is 5.75 Å². The average Bonchev–Trinajstić information content (AvgIpc) is 2.62. The van der Waals surface area contributed by atoms with Crippen molar-refractivity contribution in [3.63, 3.8) is 0 Å². The number of amides is 2. The molecule has 2 aromatic carbocycles. The van der Waals surface area contributed by atoms with E-state index < -0.39 is 11.8 Å². The molecule has 2 amide bonds. The summed E-state index contributed by atoms with van der Waals surface area (Å²) in [6.45, 7) is 2.25. The third-order valence-electron chi connectivity index (χ3n) is 3.71. The predicted molar refractivity (Wildman–Crippen MR) is 92.7 cm³/mol. The molecule has 126 valence electrons. The van der Waals surface area contributed by atoms with E-state index in [2.05, 4.69) is 10.6 Å². The quantitative estimate of drug-likeness (QED) is 0.800. The van der Waals surface area contributed by atoms with Crippen molar-refractivity contribution in [2.75, 3.05) is 13.7 Å². The minimum Gasteiger partial charge on any atom is -0.497 e. The molecule has 1 atom stereocenters. The average molecular weight is 326 g/mol. The van der Waals surface area contributed by atoms with Gasteiger partial charge < -0.3 is 15.4 Å². The second-order valence-electron chi connectivity index (χ2n) is 5.46. The van der Waals surface area contributed by atoms with E-state index in [-0.39, 0.29) is 6.04 Å². The summed E-state index contributed by atoms with van der Waals surface area (Å²) < 4.78 is 5.10. The largest absolute Gasteiger partial charge is 0.497 e. The first-order valence-electron chi connectivity index (χ1n) is 7.86. The number of carbonyl (C=O) groups excluding carboxylic acids is 2. The van der Waals surface area contributed by atoms with Gasteiger partial charge in [-0.2, -0.15) is 0 Å². The van der Waals surface area contributed by atoms with Gasteiger partial charge in [0.25, 0.3) is 0 Å². The molecule has 0 unspecified atom stereocenters. The van der Waals surface area contributed by atoms with Crippen molar-refractivity contribution in [2.24, 2.45) is 0 Å². The van der Waals surface area contributed by atoms with E-state index in [1.807, 2.05) is 61.5 Å². The summed E-state index contributed by atoms with van der Waals surface area (Å²) in [5.74, 6) is -0.506. The molecule has 0 aliphatic rings. The van der Waals surface area contributed by atoms with Crippen LogP contribution in [0.2, 0.25) is 0 Å². The lowest BCUT2D eigenvalue weighted by Crippen LogP contribution is -2.41. The molecular formula is C19H22N2O3. The van der Waals surface area contributed by atoms with Gasteiger partial charge in [-0.25, -0.2) is 0 Å². The molecule has 2 aromatic rings. The summed E-state index contributed by atoms with van der Waals surface area (Å²) in [6.07, 6.45) is 0.688. The van der Waals surface area contributed by atoms with E-state index in [9.17, 15) is 9.59 Å². The molecule has 0 spiro atoms. The fraction of sp³-hybridized carbons (Fsp3) is 0.263. The predicted octanol–water partition coefficient (Wildman–Crippen LogP) is 2.23. The van der Waals surface area contributed by atoms with Gasteiger partial charge in [0.05, 0.1) is 13.2 Å². The van der Waals surface area contributed by atoms with Crippen LogP contribution in [0.3, 0.4) is 0 Å². The summed E-state index contributed by atoms with van der Waals surface area (Å²) >= 11 is 0. The fourth-order valence-corrected chi connectivity index (χ4v) is 2.28. The van der Waals surface area contributed by atoms with Crippen LogP contribution in [-0.2, 0) is 16.0 Å². The molecule has 0 fully saturated rings. The van der Waals surface area contributed by atoms with Crippen LogP contribution in [0.15, 0.2) is 54.6 Å². The highest BCUT2D eigenvalue weighted by molar-refractivity contribution is 6.35. The van der Waals surface area contributed by atoms with Crippen molar-refractivity contribution in [1.29, 1.82) is 0 Å². The lowest BCUT2D eigenvalue weighted by Gasteiger charge is -2.14. The Balaban J connectivity index is 1.78. The number of nitrogens with one attached hydrogen (secondary N) is 2. The summed E-state index contributed by atoms with van der Waals surface area (Å²) in [5.41, 5.74) is 2.02. The SMILES string of the molecule is COc1ccc([C@@H](C)NC(=O)C(=O)NCCc2ccccc2)cc1. The van der Waals surface area contributed by atoms with Crippen LogP contribution in [0, 0.1) is 0 Å². The molecule has 5 nitrogen and oxygen atoms in total. The second kappa shape index (κ2) is 8.72. The molecule has 0 bridgehead atoms. The number of hydrogen-bond donors (Lipinski definition) is 2. The zero-order valence-corrected chi connectivity index (χ0v) is 13.9. The van der Waals surface area contributed by atoms with Gasteiger partial charge in [0.15, 0.2) is 0 Å². The Bertz CT molecular complexity index is 669. The molecule has 0 aliphatic heterocycles. The number of benzene rings is 2. The van der Waals surface area contributed by atoms with E-state index >= 15 is 0 Å². The number of methoxy groups -OCH3 is 1. The van der Waals surface area contributed by atoms with E-state index in [4.69, 9.17) is 4.74 Å². The van der Waals surface area contributed by atoms with Crippen molar-refractivity contribution in [2.45, 2.75) is 19.4 Å². The molecule has 5 heteroatoms. The Morgan fingerprint density at radius 1 is 1.00 bits per heavy atom.